The van der Waals surface area contributed by atoms with Gasteiger partial charge in [-0.25, -0.2) is 15.0 Å². The largest absolute Gasteiger partial charge is 0.481 e. The van der Waals surface area contributed by atoms with Crippen molar-refractivity contribution in [2.45, 2.75) is 118 Å². The van der Waals surface area contributed by atoms with E-state index in [0.717, 1.165) is 68.0 Å². The molecule has 1 atom stereocenters. The zero-order chi connectivity index (χ0) is 32.3. The summed E-state index contributed by atoms with van der Waals surface area (Å²) in [5.74, 6) is 0.988. The normalized spacial score (nSPS) is 12.2. The summed E-state index contributed by atoms with van der Waals surface area (Å²) in [6.45, 7) is 15.7. The minimum absolute atomic E-state index is 0.00770. The number of carboxylic acids is 1. The summed E-state index contributed by atoms with van der Waals surface area (Å²) in [6.07, 6.45) is 9.76. The molecule has 238 valence electrons. The van der Waals surface area contributed by atoms with Gasteiger partial charge in [-0.05, 0) is 74.4 Å². The van der Waals surface area contributed by atoms with Crippen LogP contribution in [0.5, 0.6) is 0 Å². The van der Waals surface area contributed by atoms with Crippen molar-refractivity contribution in [1.82, 2.24) is 20.3 Å². The van der Waals surface area contributed by atoms with Gasteiger partial charge in [0.25, 0.3) is 0 Å². The minimum Gasteiger partial charge on any atom is -0.481 e. The third kappa shape index (κ3) is 19.7. The van der Waals surface area contributed by atoms with Crippen LogP contribution in [0.25, 0.3) is 0 Å². The molecule has 0 aromatic carbocycles. The lowest BCUT2D eigenvalue weighted by molar-refractivity contribution is -0.137. The van der Waals surface area contributed by atoms with Crippen LogP contribution in [0.4, 0.5) is 5.82 Å². The summed E-state index contributed by atoms with van der Waals surface area (Å²) in [5, 5.41) is 15.1. The molecule has 0 saturated carbocycles. The molecule has 1 amide bonds. The first-order chi connectivity index (χ1) is 20.2. The maximum Gasteiger partial charge on any atom is 0.303 e. The third-order valence-electron chi connectivity index (χ3n) is 6.56. The van der Waals surface area contributed by atoms with Crippen LogP contribution in [0, 0.1) is 19.3 Å². The number of unbranched alkanes of at least 4 members (excludes halogenated alkanes) is 2. The SMILES string of the molecule is Cc1ncccn1.[B]C(C)(C)COCC(C)(C)CC(=O)NC(CCCCCC(=O)O)CCc1ccc(C)c(NCCC)n1. The fourth-order valence-electron chi connectivity index (χ4n) is 4.31. The number of hydrogen-bond donors (Lipinski definition) is 3. The number of aryl methyl sites for hydroxylation is 3. The Morgan fingerprint density at radius 2 is 1.72 bits per heavy atom. The molecule has 3 N–H and O–H groups in total. The Bertz CT molecular complexity index is 1080. The van der Waals surface area contributed by atoms with Crippen molar-refractivity contribution < 1.29 is 19.4 Å². The average molecular weight is 596 g/mol. The fraction of sp³-hybridized carbons (Fsp3) is 0.667. The van der Waals surface area contributed by atoms with E-state index >= 15 is 0 Å². The van der Waals surface area contributed by atoms with Gasteiger partial charge in [0, 0.05) is 50.1 Å². The molecule has 0 bridgehead atoms. The topological polar surface area (TPSA) is 126 Å². The second kappa shape index (κ2) is 20.0. The maximum atomic E-state index is 12.9. The lowest BCUT2D eigenvalue weighted by atomic mass is 9.73. The van der Waals surface area contributed by atoms with Crippen molar-refractivity contribution in [2.24, 2.45) is 5.41 Å². The molecule has 0 fully saturated rings. The monoisotopic (exact) mass is 595 g/mol. The molecule has 10 heteroatoms. The van der Waals surface area contributed by atoms with Gasteiger partial charge in [-0.2, -0.15) is 0 Å². The van der Waals surface area contributed by atoms with Gasteiger partial charge in [0.2, 0.25) is 5.91 Å². The number of carbonyl (C=O) groups excluding carboxylic acids is 1. The van der Waals surface area contributed by atoms with E-state index in [2.05, 4.69) is 46.6 Å². The first-order valence-corrected chi connectivity index (χ1v) is 15.5. The summed E-state index contributed by atoms with van der Waals surface area (Å²) in [5.41, 5.74) is 1.82. The number of anilines is 1. The summed E-state index contributed by atoms with van der Waals surface area (Å²) in [4.78, 5) is 36.3. The Kier molecular flexibility index (Phi) is 17.7. The molecule has 1 unspecified atom stereocenters. The number of hydrogen-bond acceptors (Lipinski definition) is 7. The van der Waals surface area contributed by atoms with Crippen LogP contribution in [-0.4, -0.2) is 65.6 Å². The van der Waals surface area contributed by atoms with Crippen molar-refractivity contribution in [1.29, 1.82) is 0 Å². The predicted molar refractivity (Wildman–Crippen MR) is 175 cm³/mol. The van der Waals surface area contributed by atoms with E-state index < -0.39 is 11.3 Å². The van der Waals surface area contributed by atoms with Crippen molar-refractivity contribution in [3.63, 3.8) is 0 Å². The van der Waals surface area contributed by atoms with Gasteiger partial charge < -0.3 is 20.5 Å². The molecule has 0 spiro atoms. The number of aliphatic carboxylic acids is 1. The fourth-order valence-corrected chi connectivity index (χ4v) is 4.31. The number of aromatic nitrogens is 3. The standard InChI is InChI=1S/C28H48BN3O4.C5H6N2/c1-7-17-30-26-21(2)13-14-23(32-26)16-15-22(11-9-8-10-12-25(34)35)31-24(33)18-27(3,4)19-36-20-28(5,6)29;1-5-6-3-2-4-7-5/h13-14,22H,7-12,15-20H2,1-6H3,(H,30,32)(H,31,33)(H,34,35);2-4H,1H3. The number of carbonyl (C=O) groups is 2. The molecular weight excluding hydrogens is 541 g/mol. The van der Waals surface area contributed by atoms with Crippen molar-refractivity contribution in [3.05, 3.63) is 47.7 Å². The number of rotatable bonds is 19. The number of ether oxygens (including phenoxy) is 1. The minimum atomic E-state index is -0.764. The maximum absolute atomic E-state index is 12.9. The van der Waals surface area contributed by atoms with Crippen LogP contribution >= 0.6 is 0 Å². The highest BCUT2D eigenvalue weighted by Gasteiger charge is 2.25. The van der Waals surface area contributed by atoms with Crippen LogP contribution in [0.1, 0.15) is 103 Å². The number of nitrogens with zero attached hydrogens (tertiary/aromatic N) is 3. The highest BCUT2D eigenvalue weighted by molar-refractivity contribution is 6.14. The Labute approximate surface area is 260 Å². The van der Waals surface area contributed by atoms with E-state index in [4.69, 9.17) is 22.7 Å². The van der Waals surface area contributed by atoms with Crippen LogP contribution in [0.15, 0.2) is 30.6 Å². The molecular formula is C33H54BN5O4. The van der Waals surface area contributed by atoms with Crippen molar-refractivity contribution in [2.75, 3.05) is 25.1 Å². The van der Waals surface area contributed by atoms with Crippen LogP contribution in [-0.2, 0) is 20.7 Å². The third-order valence-corrected chi connectivity index (χ3v) is 6.56. The summed E-state index contributed by atoms with van der Waals surface area (Å²) in [7, 11) is 5.99. The van der Waals surface area contributed by atoms with Gasteiger partial charge >= 0.3 is 5.97 Å². The average Bonchev–Trinajstić information content (AvgIpc) is 2.90. The molecule has 9 nitrogen and oxygen atoms in total. The first-order valence-electron chi connectivity index (χ1n) is 15.5. The van der Waals surface area contributed by atoms with Gasteiger partial charge in [-0.3, -0.25) is 9.59 Å². The molecule has 2 heterocycles. The second-order valence-electron chi connectivity index (χ2n) is 12.8. The molecule has 2 aromatic heterocycles. The molecule has 2 aromatic rings. The highest BCUT2D eigenvalue weighted by Crippen LogP contribution is 2.24. The quantitative estimate of drug-likeness (QED) is 0.129. The van der Waals surface area contributed by atoms with Gasteiger partial charge in [0.1, 0.15) is 11.6 Å². The Balaban J connectivity index is 0.00000115. The van der Waals surface area contributed by atoms with Crippen molar-refractivity contribution in [3.8, 4) is 0 Å². The van der Waals surface area contributed by atoms with E-state index in [0.29, 0.717) is 26.1 Å². The molecule has 0 saturated heterocycles. The Morgan fingerprint density at radius 1 is 1.02 bits per heavy atom. The van der Waals surface area contributed by atoms with Gasteiger partial charge in [-0.15, -0.1) is 0 Å². The van der Waals surface area contributed by atoms with Gasteiger partial charge in [-0.1, -0.05) is 53.5 Å². The smallest absolute Gasteiger partial charge is 0.303 e. The number of carboxylic acid groups (broad SMARTS) is 1. The van der Waals surface area contributed by atoms with Gasteiger partial charge in [0.05, 0.1) is 14.5 Å². The molecule has 2 rings (SSSR count). The predicted octanol–water partition coefficient (Wildman–Crippen LogP) is 6.25. The lowest BCUT2D eigenvalue weighted by Crippen LogP contribution is -2.38. The first kappa shape index (κ1) is 38.0. The molecule has 43 heavy (non-hydrogen) atoms. The Morgan fingerprint density at radius 3 is 2.30 bits per heavy atom. The second-order valence-corrected chi connectivity index (χ2v) is 12.8. The molecule has 2 radical (unpaired) electrons. The van der Waals surface area contributed by atoms with E-state index in [-0.39, 0.29) is 23.8 Å². The van der Waals surface area contributed by atoms with Crippen LogP contribution in [0.3, 0.4) is 0 Å². The van der Waals surface area contributed by atoms with E-state index in [1.54, 1.807) is 18.5 Å². The highest BCUT2D eigenvalue weighted by atomic mass is 16.5. The van der Waals surface area contributed by atoms with Crippen LogP contribution < -0.4 is 10.6 Å². The number of pyridine rings is 1. The molecule has 0 aliphatic carbocycles. The number of amides is 1. The van der Waals surface area contributed by atoms with E-state index in [9.17, 15) is 9.59 Å². The van der Waals surface area contributed by atoms with E-state index in [1.807, 2.05) is 34.6 Å². The van der Waals surface area contributed by atoms with Crippen molar-refractivity contribution >= 4 is 25.5 Å². The van der Waals surface area contributed by atoms with E-state index in [1.165, 1.54) is 0 Å². The van der Waals surface area contributed by atoms with Crippen LogP contribution in [0.2, 0.25) is 5.31 Å². The van der Waals surface area contributed by atoms with Gasteiger partial charge in [0.15, 0.2) is 0 Å². The summed E-state index contributed by atoms with van der Waals surface area (Å²) < 4.78 is 5.77. The summed E-state index contributed by atoms with van der Waals surface area (Å²) in [6, 6.07) is 5.95. The molecule has 0 aliphatic heterocycles. The summed E-state index contributed by atoms with van der Waals surface area (Å²) >= 11 is 0. The lowest BCUT2D eigenvalue weighted by Gasteiger charge is -2.28. The zero-order valence-corrected chi connectivity index (χ0v) is 27.5. The Hall–Kier alpha value is -3.01. The number of nitrogens with one attached hydrogen (secondary N) is 2. The zero-order valence-electron chi connectivity index (χ0n) is 27.5. The molecule has 0 aliphatic rings.